The van der Waals surface area contributed by atoms with E-state index in [0.717, 1.165) is 0 Å². The van der Waals surface area contributed by atoms with E-state index in [1.54, 1.807) is 18.2 Å². The number of hydrogen-bond acceptors (Lipinski definition) is 3. The molecule has 3 nitrogen and oxygen atoms in total. The van der Waals surface area contributed by atoms with Crippen molar-refractivity contribution in [2.75, 3.05) is 0 Å². The quantitative estimate of drug-likeness (QED) is 0.637. The molecule has 70 valence electrons. The molecular formula is C10H12O3. The SMILES string of the molecule is CC1CC(O)c2c(O)cccc2O1. The second kappa shape index (κ2) is 2.92. The summed E-state index contributed by atoms with van der Waals surface area (Å²) in [5.41, 5.74) is 0.514. The van der Waals surface area contributed by atoms with Gasteiger partial charge in [0.15, 0.2) is 0 Å². The van der Waals surface area contributed by atoms with Crippen molar-refractivity contribution in [3.8, 4) is 11.5 Å². The van der Waals surface area contributed by atoms with E-state index < -0.39 is 6.10 Å². The lowest BCUT2D eigenvalue weighted by atomic mass is 9.99. The zero-order chi connectivity index (χ0) is 9.42. The van der Waals surface area contributed by atoms with E-state index in [2.05, 4.69) is 0 Å². The third-order valence-corrected chi connectivity index (χ3v) is 2.26. The highest BCUT2D eigenvalue weighted by atomic mass is 16.5. The molecule has 1 heterocycles. The van der Waals surface area contributed by atoms with Gasteiger partial charge in [0.05, 0.1) is 17.8 Å². The van der Waals surface area contributed by atoms with Crippen LogP contribution in [-0.4, -0.2) is 16.3 Å². The van der Waals surface area contributed by atoms with Gasteiger partial charge in [-0.05, 0) is 19.1 Å². The van der Waals surface area contributed by atoms with Gasteiger partial charge in [0.25, 0.3) is 0 Å². The van der Waals surface area contributed by atoms with Crippen LogP contribution in [0.15, 0.2) is 18.2 Å². The van der Waals surface area contributed by atoms with Crippen LogP contribution in [0.25, 0.3) is 0 Å². The number of rotatable bonds is 0. The first kappa shape index (κ1) is 8.38. The number of ether oxygens (including phenoxy) is 1. The summed E-state index contributed by atoms with van der Waals surface area (Å²) in [7, 11) is 0. The molecule has 13 heavy (non-hydrogen) atoms. The third kappa shape index (κ3) is 1.35. The van der Waals surface area contributed by atoms with Crippen LogP contribution in [0.4, 0.5) is 0 Å². The highest BCUT2D eigenvalue weighted by Crippen LogP contribution is 2.39. The summed E-state index contributed by atoms with van der Waals surface area (Å²) < 4.78 is 5.46. The van der Waals surface area contributed by atoms with Gasteiger partial charge in [-0.1, -0.05) is 6.07 Å². The molecule has 0 radical (unpaired) electrons. The highest BCUT2D eigenvalue weighted by molar-refractivity contribution is 5.46. The molecular weight excluding hydrogens is 168 g/mol. The monoisotopic (exact) mass is 180 g/mol. The largest absolute Gasteiger partial charge is 0.507 e. The number of phenols is 1. The standard InChI is InChI=1S/C10H12O3/c1-6-5-8(12)10-7(11)3-2-4-9(10)13-6/h2-4,6,8,11-12H,5H2,1H3. The summed E-state index contributed by atoms with van der Waals surface area (Å²) in [5, 5.41) is 19.1. The summed E-state index contributed by atoms with van der Waals surface area (Å²) in [6, 6.07) is 5.02. The predicted molar refractivity (Wildman–Crippen MR) is 47.8 cm³/mol. The van der Waals surface area contributed by atoms with E-state index in [9.17, 15) is 10.2 Å². The lowest BCUT2D eigenvalue weighted by molar-refractivity contribution is 0.0725. The summed E-state index contributed by atoms with van der Waals surface area (Å²) in [6.45, 7) is 1.90. The molecule has 0 saturated heterocycles. The minimum atomic E-state index is -0.611. The average Bonchev–Trinajstić information content (AvgIpc) is 2.02. The van der Waals surface area contributed by atoms with Crippen LogP contribution >= 0.6 is 0 Å². The summed E-state index contributed by atoms with van der Waals surface area (Å²) in [6.07, 6.45) is -0.0749. The Morgan fingerprint density at radius 1 is 1.46 bits per heavy atom. The third-order valence-electron chi connectivity index (χ3n) is 2.26. The molecule has 2 unspecified atom stereocenters. The maximum atomic E-state index is 9.67. The Labute approximate surface area is 76.6 Å². The molecule has 2 atom stereocenters. The Bertz CT molecular complexity index is 322. The topological polar surface area (TPSA) is 49.7 Å². The van der Waals surface area contributed by atoms with Crippen LogP contribution in [0.2, 0.25) is 0 Å². The Hall–Kier alpha value is -1.22. The molecule has 0 fully saturated rings. The Morgan fingerprint density at radius 2 is 2.23 bits per heavy atom. The summed E-state index contributed by atoms with van der Waals surface area (Å²) >= 11 is 0. The van der Waals surface area contributed by atoms with E-state index in [1.807, 2.05) is 6.92 Å². The minimum absolute atomic E-state index is 0.00398. The molecule has 0 aliphatic carbocycles. The lowest BCUT2D eigenvalue weighted by Crippen LogP contribution is -2.22. The van der Waals surface area contributed by atoms with Gasteiger partial charge < -0.3 is 14.9 Å². The highest BCUT2D eigenvalue weighted by Gasteiger charge is 2.26. The fourth-order valence-corrected chi connectivity index (χ4v) is 1.67. The van der Waals surface area contributed by atoms with Gasteiger partial charge in [0.1, 0.15) is 11.5 Å². The molecule has 2 rings (SSSR count). The molecule has 1 aromatic carbocycles. The van der Waals surface area contributed by atoms with Crippen molar-refractivity contribution < 1.29 is 14.9 Å². The molecule has 0 aromatic heterocycles. The molecule has 0 saturated carbocycles. The van der Waals surface area contributed by atoms with Crippen molar-refractivity contribution in [3.05, 3.63) is 23.8 Å². The van der Waals surface area contributed by atoms with Crippen molar-refractivity contribution in [2.45, 2.75) is 25.6 Å². The first-order valence-electron chi connectivity index (χ1n) is 4.35. The Balaban J connectivity index is 2.49. The lowest BCUT2D eigenvalue weighted by Gasteiger charge is -2.27. The van der Waals surface area contributed by atoms with Crippen molar-refractivity contribution in [3.63, 3.8) is 0 Å². The predicted octanol–water partition coefficient (Wildman–Crippen LogP) is 1.60. The first-order chi connectivity index (χ1) is 6.18. The van der Waals surface area contributed by atoms with Crippen LogP contribution in [-0.2, 0) is 0 Å². The summed E-state index contributed by atoms with van der Waals surface area (Å²) in [4.78, 5) is 0. The number of hydrogen-bond donors (Lipinski definition) is 2. The number of phenolic OH excluding ortho intramolecular Hbond substituents is 1. The van der Waals surface area contributed by atoms with Gasteiger partial charge in [-0.25, -0.2) is 0 Å². The van der Waals surface area contributed by atoms with Gasteiger partial charge in [-0.15, -0.1) is 0 Å². The van der Waals surface area contributed by atoms with Crippen LogP contribution in [0.3, 0.4) is 0 Å². The number of aliphatic hydroxyl groups is 1. The molecule has 1 aliphatic rings. The van der Waals surface area contributed by atoms with E-state index in [-0.39, 0.29) is 11.9 Å². The zero-order valence-corrected chi connectivity index (χ0v) is 7.40. The molecule has 0 bridgehead atoms. The maximum absolute atomic E-state index is 9.67. The van der Waals surface area contributed by atoms with E-state index in [4.69, 9.17) is 4.74 Å². The molecule has 0 amide bonds. The van der Waals surface area contributed by atoms with Gasteiger partial charge in [0.2, 0.25) is 0 Å². The fourth-order valence-electron chi connectivity index (χ4n) is 1.67. The number of benzene rings is 1. The Kier molecular flexibility index (Phi) is 1.88. The molecule has 1 aromatic rings. The van der Waals surface area contributed by atoms with Crippen LogP contribution < -0.4 is 4.74 Å². The molecule has 2 N–H and O–H groups in total. The maximum Gasteiger partial charge on any atom is 0.129 e. The van der Waals surface area contributed by atoms with E-state index in [0.29, 0.717) is 17.7 Å². The average molecular weight is 180 g/mol. The minimum Gasteiger partial charge on any atom is -0.507 e. The zero-order valence-electron chi connectivity index (χ0n) is 7.40. The number of aromatic hydroxyl groups is 1. The van der Waals surface area contributed by atoms with Crippen LogP contribution in [0.5, 0.6) is 11.5 Å². The number of aliphatic hydroxyl groups excluding tert-OH is 1. The second-order valence-corrected chi connectivity index (χ2v) is 3.37. The van der Waals surface area contributed by atoms with Crippen molar-refractivity contribution >= 4 is 0 Å². The normalized spacial score (nSPS) is 26.3. The van der Waals surface area contributed by atoms with Crippen LogP contribution in [0, 0.1) is 0 Å². The van der Waals surface area contributed by atoms with E-state index >= 15 is 0 Å². The van der Waals surface area contributed by atoms with Gasteiger partial charge >= 0.3 is 0 Å². The molecule has 1 aliphatic heterocycles. The smallest absolute Gasteiger partial charge is 0.129 e. The molecule has 3 heteroatoms. The van der Waals surface area contributed by atoms with Crippen LogP contribution in [0.1, 0.15) is 25.0 Å². The van der Waals surface area contributed by atoms with Gasteiger partial charge in [-0.3, -0.25) is 0 Å². The van der Waals surface area contributed by atoms with Gasteiger partial charge in [-0.2, -0.15) is 0 Å². The summed E-state index contributed by atoms with van der Waals surface area (Å²) in [5.74, 6) is 0.697. The first-order valence-corrected chi connectivity index (χ1v) is 4.35. The molecule has 0 spiro atoms. The fraction of sp³-hybridized carbons (Fsp3) is 0.400. The Morgan fingerprint density at radius 3 is 3.00 bits per heavy atom. The number of fused-ring (bicyclic) bond motifs is 1. The van der Waals surface area contributed by atoms with E-state index in [1.165, 1.54) is 0 Å². The van der Waals surface area contributed by atoms with Crippen molar-refractivity contribution in [2.24, 2.45) is 0 Å². The van der Waals surface area contributed by atoms with Crippen molar-refractivity contribution in [1.82, 2.24) is 0 Å². The van der Waals surface area contributed by atoms with Gasteiger partial charge in [0, 0.05) is 6.42 Å². The second-order valence-electron chi connectivity index (χ2n) is 3.37. The van der Waals surface area contributed by atoms with Crippen molar-refractivity contribution in [1.29, 1.82) is 0 Å².